The van der Waals surface area contributed by atoms with E-state index in [1.807, 2.05) is 18.2 Å². The maximum atomic E-state index is 12.3. The highest BCUT2D eigenvalue weighted by atomic mass is 16.5. The summed E-state index contributed by atoms with van der Waals surface area (Å²) < 4.78 is 10.7. The smallest absolute Gasteiger partial charge is 0.239 e. The molecule has 2 aromatic rings. The van der Waals surface area contributed by atoms with Crippen LogP contribution in [-0.4, -0.2) is 44.4 Å². The molecule has 29 heavy (non-hydrogen) atoms. The summed E-state index contributed by atoms with van der Waals surface area (Å²) in [6, 6.07) is 8.57. The van der Waals surface area contributed by atoms with Crippen LogP contribution in [0.15, 0.2) is 59.9 Å². The first-order valence-electron chi connectivity index (χ1n) is 9.38. The van der Waals surface area contributed by atoms with Crippen molar-refractivity contribution < 1.29 is 14.3 Å². The van der Waals surface area contributed by atoms with Gasteiger partial charge < -0.3 is 20.5 Å². The van der Waals surface area contributed by atoms with Crippen LogP contribution in [0.5, 0.6) is 11.5 Å². The van der Waals surface area contributed by atoms with Crippen molar-refractivity contribution in [3.8, 4) is 11.5 Å². The fourth-order valence-corrected chi connectivity index (χ4v) is 3.53. The van der Waals surface area contributed by atoms with Crippen molar-refractivity contribution >= 4 is 12.1 Å². The third-order valence-electron chi connectivity index (χ3n) is 5.04. The molecule has 0 fully saturated rings. The number of carbonyl (C=O) groups is 1. The average Bonchev–Trinajstić information content (AvgIpc) is 2.75. The van der Waals surface area contributed by atoms with Gasteiger partial charge in [-0.05, 0) is 48.4 Å². The lowest BCUT2D eigenvalue weighted by Crippen LogP contribution is -2.43. The van der Waals surface area contributed by atoms with Gasteiger partial charge in [0.1, 0.15) is 17.5 Å². The number of dihydropyridines is 1. The van der Waals surface area contributed by atoms with Gasteiger partial charge in [0.2, 0.25) is 5.91 Å². The van der Waals surface area contributed by atoms with Crippen LogP contribution in [0.3, 0.4) is 0 Å². The molecule has 1 aliphatic heterocycles. The van der Waals surface area contributed by atoms with E-state index >= 15 is 0 Å². The number of aliphatic imine (C=N–C) groups is 1. The molecule has 0 spiro atoms. The molecular weight excluding hydrogens is 368 g/mol. The van der Waals surface area contributed by atoms with Crippen LogP contribution in [0.1, 0.15) is 17.2 Å². The number of rotatable bonds is 9. The van der Waals surface area contributed by atoms with Gasteiger partial charge in [-0.2, -0.15) is 0 Å². The molecular formula is C22H26N4O3. The highest BCUT2D eigenvalue weighted by Crippen LogP contribution is 2.32. The summed E-state index contributed by atoms with van der Waals surface area (Å²) in [5.74, 6) is 0.712. The number of ether oxygens (including phenoxy) is 2. The van der Waals surface area contributed by atoms with E-state index in [9.17, 15) is 4.79 Å². The topological polar surface area (TPSA) is 98.8 Å². The zero-order chi connectivity index (χ0) is 20.7. The van der Waals surface area contributed by atoms with E-state index < -0.39 is 11.9 Å². The molecule has 0 radical (unpaired) electrons. The quantitative estimate of drug-likeness (QED) is 0.678. The summed E-state index contributed by atoms with van der Waals surface area (Å²) in [5, 5.41) is 3.34. The molecule has 0 saturated heterocycles. The first-order chi connectivity index (χ1) is 14.1. The summed E-state index contributed by atoms with van der Waals surface area (Å²) >= 11 is 0. The van der Waals surface area contributed by atoms with Gasteiger partial charge in [-0.3, -0.25) is 14.8 Å². The normalized spacial score (nSPS) is 19.0. The van der Waals surface area contributed by atoms with Crippen LogP contribution < -0.4 is 20.5 Å². The maximum Gasteiger partial charge on any atom is 0.239 e. The minimum Gasteiger partial charge on any atom is -0.497 e. The van der Waals surface area contributed by atoms with Crippen LogP contribution in [0.25, 0.3) is 0 Å². The number of carbonyl (C=O) groups excluding carboxylic acids is 1. The maximum absolute atomic E-state index is 12.3. The number of pyridine rings is 1. The minimum atomic E-state index is -0.728. The van der Waals surface area contributed by atoms with Gasteiger partial charge in [0, 0.05) is 42.7 Å². The summed E-state index contributed by atoms with van der Waals surface area (Å²) in [7, 11) is 3.14. The van der Waals surface area contributed by atoms with Crippen LogP contribution in [0.4, 0.5) is 0 Å². The molecule has 3 N–H and O–H groups in total. The number of hydrogen-bond donors (Lipinski definition) is 2. The first kappa shape index (κ1) is 20.5. The molecule has 7 nitrogen and oxygen atoms in total. The lowest BCUT2D eigenvalue weighted by atomic mass is 9.80. The summed E-state index contributed by atoms with van der Waals surface area (Å²) in [6.07, 6.45) is 10.2. The average molecular weight is 394 g/mol. The Bertz CT molecular complexity index is 898. The SMILES string of the molecule is COc1ccc(OC)c(C(NCC2(Cc3ccncc3)C=CC=NC2)C(N)=O)c1. The van der Waals surface area contributed by atoms with E-state index in [0.29, 0.717) is 30.2 Å². The molecule has 0 saturated carbocycles. The number of methoxy groups -OCH3 is 2. The van der Waals surface area contributed by atoms with Crippen LogP contribution in [0.2, 0.25) is 0 Å². The highest BCUT2D eigenvalue weighted by molar-refractivity contribution is 5.82. The highest BCUT2D eigenvalue weighted by Gasteiger charge is 2.31. The third-order valence-corrected chi connectivity index (χ3v) is 5.04. The van der Waals surface area contributed by atoms with E-state index in [4.69, 9.17) is 15.2 Å². The second kappa shape index (κ2) is 9.34. The molecule has 7 heteroatoms. The Morgan fingerprint density at radius 1 is 1.24 bits per heavy atom. The van der Waals surface area contributed by atoms with Crippen molar-refractivity contribution in [3.05, 3.63) is 66.0 Å². The number of nitrogens with one attached hydrogen (secondary N) is 1. The molecule has 1 aromatic carbocycles. The number of allylic oxidation sites excluding steroid dienone is 1. The number of nitrogens with two attached hydrogens (primary N) is 1. The van der Waals surface area contributed by atoms with E-state index in [2.05, 4.69) is 21.4 Å². The van der Waals surface area contributed by atoms with Gasteiger partial charge in [0.25, 0.3) is 0 Å². The summed E-state index contributed by atoms with van der Waals surface area (Å²) in [6.45, 7) is 1.12. The monoisotopic (exact) mass is 394 g/mol. The lowest BCUT2D eigenvalue weighted by molar-refractivity contribution is -0.120. The molecule has 1 aromatic heterocycles. The minimum absolute atomic E-state index is 0.282. The van der Waals surface area contributed by atoms with Crippen molar-refractivity contribution in [1.82, 2.24) is 10.3 Å². The zero-order valence-corrected chi connectivity index (χ0v) is 16.7. The van der Waals surface area contributed by atoms with E-state index in [1.54, 1.807) is 51.0 Å². The molecule has 2 heterocycles. The predicted molar refractivity (Wildman–Crippen MR) is 112 cm³/mol. The molecule has 3 rings (SSSR count). The van der Waals surface area contributed by atoms with Crippen LogP contribution in [-0.2, 0) is 11.2 Å². The Morgan fingerprint density at radius 3 is 2.66 bits per heavy atom. The Morgan fingerprint density at radius 2 is 2.03 bits per heavy atom. The number of nitrogens with zero attached hydrogens (tertiary/aromatic N) is 2. The Hall–Kier alpha value is -3.19. The number of amides is 1. The number of hydrogen-bond acceptors (Lipinski definition) is 6. The number of primary amides is 1. The van der Waals surface area contributed by atoms with Crippen molar-refractivity contribution in [1.29, 1.82) is 0 Å². The Balaban J connectivity index is 1.85. The van der Waals surface area contributed by atoms with Gasteiger partial charge in [-0.1, -0.05) is 6.08 Å². The van der Waals surface area contributed by atoms with E-state index in [-0.39, 0.29) is 5.41 Å². The standard InChI is InChI=1S/C22H26N4O3/c1-28-17-4-5-19(29-2)18(12-17)20(21(23)27)26-15-22(8-3-9-25-14-22)13-16-6-10-24-11-7-16/h3-12,20,26H,13-15H2,1-2H3,(H2,23,27). The number of benzene rings is 1. The Labute approximate surface area is 170 Å². The van der Waals surface area contributed by atoms with Gasteiger partial charge in [-0.15, -0.1) is 0 Å². The first-order valence-corrected chi connectivity index (χ1v) is 9.38. The van der Waals surface area contributed by atoms with Crippen molar-refractivity contribution in [2.45, 2.75) is 12.5 Å². The Kier molecular flexibility index (Phi) is 6.61. The molecule has 2 atom stereocenters. The van der Waals surface area contributed by atoms with Gasteiger partial charge in [-0.25, -0.2) is 0 Å². The second-order valence-electron chi connectivity index (χ2n) is 7.07. The molecule has 0 bridgehead atoms. The molecule has 1 aliphatic rings. The molecule has 152 valence electrons. The number of aromatic nitrogens is 1. The van der Waals surface area contributed by atoms with Crippen molar-refractivity contribution in [3.63, 3.8) is 0 Å². The zero-order valence-electron chi connectivity index (χ0n) is 16.7. The van der Waals surface area contributed by atoms with Crippen LogP contribution in [0, 0.1) is 5.41 Å². The predicted octanol–water partition coefficient (Wildman–Crippen LogP) is 2.08. The van der Waals surface area contributed by atoms with Gasteiger partial charge in [0.05, 0.1) is 14.2 Å². The van der Waals surface area contributed by atoms with Crippen molar-refractivity contribution in [2.75, 3.05) is 27.3 Å². The second-order valence-corrected chi connectivity index (χ2v) is 7.07. The lowest BCUT2D eigenvalue weighted by Gasteiger charge is -2.33. The molecule has 1 amide bonds. The van der Waals surface area contributed by atoms with E-state index in [1.165, 1.54) is 0 Å². The van der Waals surface area contributed by atoms with Gasteiger partial charge >= 0.3 is 0 Å². The third kappa shape index (κ3) is 5.00. The van der Waals surface area contributed by atoms with Gasteiger partial charge in [0.15, 0.2) is 0 Å². The summed E-state index contributed by atoms with van der Waals surface area (Å²) in [4.78, 5) is 20.8. The van der Waals surface area contributed by atoms with E-state index in [0.717, 1.165) is 12.0 Å². The fraction of sp³-hybridized carbons (Fsp3) is 0.318. The van der Waals surface area contributed by atoms with Crippen molar-refractivity contribution in [2.24, 2.45) is 16.1 Å². The van der Waals surface area contributed by atoms with Crippen LogP contribution >= 0.6 is 0 Å². The largest absolute Gasteiger partial charge is 0.497 e. The molecule has 0 aliphatic carbocycles. The molecule has 2 unspecified atom stereocenters. The summed E-state index contributed by atoms with van der Waals surface area (Å²) in [5.41, 5.74) is 7.25. The fourth-order valence-electron chi connectivity index (χ4n) is 3.53.